The van der Waals surface area contributed by atoms with E-state index in [1.807, 2.05) is 13.1 Å². The molecular weight excluding hydrogens is 268 g/mol. The van der Waals surface area contributed by atoms with Crippen LogP contribution in [0.5, 0.6) is 0 Å². The molecule has 0 amide bonds. The Balaban J connectivity index is 2.01. The molecule has 0 aliphatic carbocycles. The van der Waals surface area contributed by atoms with Gasteiger partial charge in [-0.05, 0) is 19.3 Å². The van der Waals surface area contributed by atoms with Gasteiger partial charge in [-0.2, -0.15) is 0 Å². The minimum absolute atomic E-state index is 0.0511. The summed E-state index contributed by atoms with van der Waals surface area (Å²) in [6.45, 7) is 4.87. The van der Waals surface area contributed by atoms with Crippen LogP contribution in [0.1, 0.15) is 48.5 Å². The zero-order valence-electron chi connectivity index (χ0n) is 10.6. The fourth-order valence-corrected chi connectivity index (χ4v) is 2.65. The van der Waals surface area contributed by atoms with Gasteiger partial charge >= 0.3 is 0 Å². The van der Waals surface area contributed by atoms with Crippen molar-refractivity contribution in [2.45, 2.75) is 45.0 Å². The maximum Gasteiger partial charge on any atom is 0.101 e. The Bertz CT molecular complexity index is 494. The molecule has 2 aromatic rings. The maximum absolute atomic E-state index is 6.12. The Kier molecular flexibility index (Phi) is 4.72. The first-order valence-corrected chi connectivity index (χ1v) is 7.51. The molecule has 0 saturated heterocycles. The van der Waals surface area contributed by atoms with Crippen LogP contribution in [0.25, 0.3) is 0 Å². The fraction of sp³-hybridized carbons (Fsp3) is 0.583. The van der Waals surface area contributed by atoms with Gasteiger partial charge in [-0.3, -0.25) is 0 Å². The van der Waals surface area contributed by atoms with Crippen LogP contribution in [0.3, 0.4) is 0 Å². The molecule has 6 heteroatoms. The summed E-state index contributed by atoms with van der Waals surface area (Å²) in [5, 5.41) is 11.4. The van der Waals surface area contributed by atoms with Crippen molar-refractivity contribution in [2.24, 2.45) is 0 Å². The number of aromatic nitrogens is 4. The molecular formula is C12H17ClN4S. The van der Waals surface area contributed by atoms with Gasteiger partial charge in [0, 0.05) is 5.38 Å². The number of hydrogen-bond acceptors (Lipinski definition) is 4. The molecule has 2 aromatic heterocycles. The lowest BCUT2D eigenvalue weighted by Gasteiger charge is -1.98. The Labute approximate surface area is 116 Å². The van der Waals surface area contributed by atoms with Gasteiger partial charge in [-0.15, -0.1) is 28.0 Å². The van der Waals surface area contributed by atoms with E-state index in [0.29, 0.717) is 6.54 Å². The third-order valence-electron chi connectivity index (χ3n) is 2.62. The Morgan fingerprint density at radius 3 is 3.00 bits per heavy atom. The van der Waals surface area contributed by atoms with Crippen molar-refractivity contribution in [1.29, 1.82) is 0 Å². The minimum atomic E-state index is -0.0511. The highest BCUT2D eigenvalue weighted by Crippen LogP contribution is 2.21. The van der Waals surface area contributed by atoms with Crippen molar-refractivity contribution in [3.63, 3.8) is 0 Å². The number of thiazole rings is 1. The van der Waals surface area contributed by atoms with Crippen LogP contribution in [0.15, 0.2) is 11.6 Å². The first-order valence-electron chi connectivity index (χ1n) is 6.20. The summed E-state index contributed by atoms with van der Waals surface area (Å²) in [6, 6.07) is 0. The first-order chi connectivity index (χ1) is 8.72. The molecule has 2 rings (SSSR count). The van der Waals surface area contributed by atoms with Gasteiger partial charge in [0.2, 0.25) is 0 Å². The number of nitrogens with zero attached hydrogens (tertiary/aromatic N) is 4. The van der Waals surface area contributed by atoms with Crippen molar-refractivity contribution in [3.05, 3.63) is 28.0 Å². The first kappa shape index (κ1) is 13.5. The van der Waals surface area contributed by atoms with Crippen LogP contribution in [0.4, 0.5) is 0 Å². The molecule has 0 aliphatic rings. The van der Waals surface area contributed by atoms with Gasteiger partial charge in [0.1, 0.15) is 5.69 Å². The SMILES string of the molecule is CCCc1nc(Cn2cc(C(Cl)CC)nn2)cs1. The van der Waals surface area contributed by atoms with Crippen molar-refractivity contribution >= 4 is 22.9 Å². The summed E-state index contributed by atoms with van der Waals surface area (Å²) in [7, 11) is 0. The third kappa shape index (κ3) is 3.29. The summed E-state index contributed by atoms with van der Waals surface area (Å²) in [6.07, 6.45) is 4.94. The summed E-state index contributed by atoms with van der Waals surface area (Å²) in [5.41, 5.74) is 1.88. The van der Waals surface area contributed by atoms with Crippen LogP contribution in [0.2, 0.25) is 0 Å². The predicted octanol–water partition coefficient (Wildman–Crippen LogP) is 3.43. The van der Waals surface area contributed by atoms with Crippen molar-refractivity contribution in [1.82, 2.24) is 20.0 Å². The smallest absolute Gasteiger partial charge is 0.101 e. The van der Waals surface area contributed by atoms with Crippen molar-refractivity contribution in [3.8, 4) is 0 Å². The largest absolute Gasteiger partial charge is 0.246 e. The van der Waals surface area contributed by atoms with Gasteiger partial charge in [-0.25, -0.2) is 9.67 Å². The Hall–Kier alpha value is -0.940. The average molecular weight is 285 g/mol. The second-order valence-electron chi connectivity index (χ2n) is 4.20. The lowest BCUT2D eigenvalue weighted by molar-refractivity contribution is 0.638. The zero-order valence-corrected chi connectivity index (χ0v) is 12.2. The Morgan fingerprint density at radius 2 is 2.28 bits per heavy atom. The molecule has 18 heavy (non-hydrogen) atoms. The zero-order chi connectivity index (χ0) is 13.0. The molecule has 4 nitrogen and oxygen atoms in total. The van der Waals surface area contributed by atoms with Crippen LogP contribution >= 0.6 is 22.9 Å². The van der Waals surface area contributed by atoms with Crippen molar-refractivity contribution < 1.29 is 0 Å². The van der Waals surface area contributed by atoms with Gasteiger partial charge in [0.15, 0.2) is 0 Å². The number of aryl methyl sites for hydroxylation is 1. The van der Waals surface area contributed by atoms with E-state index in [9.17, 15) is 0 Å². The van der Waals surface area contributed by atoms with E-state index in [2.05, 4.69) is 27.6 Å². The topological polar surface area (TPSA) is 43.6 Å². The molecule has 0 fully saturated rings. The summed E-state index contributed by atoms with van der Waals surface area (Å²) in [4.78, 5) is 4.57. The molecule has 0 aromatic carbocycles. The second-order valence-corrected chi connectivity index (χ2v) is 5.67. The highest BCUT2D eigenvalue weighted by molar-refractivity contribution is 7.09. The molecule has 0 saturated carbocycles. The van der Waals surface area contributed by atoms with Crippen LogP contribution in [0, 0.1) is 0 Å². The molecule has 0 bridgehead atoms. The van der Waals surface area contributed by atoms with Crippen LogP contribution in [-0.4, -0.2) is 20.0 Å². The summed E-state index contributed by atoms with van der Waals surface area (Å²) < 4.78 is 1.80. The van der Waals surface area contributed by atoms with E-state index in [0.717, 1.165) is 30.7 Å². The molecule has 0 N–H and O–H groups in total. The molecule has 98 valence electrons. The lowest BCUT2D eigenvalue weighted by atomic mass is 10.3. The fourth-order valence-electron chi connectivity index (χ4n) is 1.66. The second kappa shape index (κ2) is 6.29. The highest BCUT2D eigenvalue weighted by atomic mass is 35.5. The van der Waals surface area contributed by atoms with E-state index < -0.39 is 0 Å². The molecule has 1 unspecified atom stereocenters. The maximum atomic E-state index is 6.12. The van der Waals surface area contributed by atoms with Gasteiger partial charge in [0.05, 0.1) is 28.8 Å². The highest BCUT2D eigenvalue weighted by Gasteiger charge is 2.10. The minimum Gasteiger partial charge on any atom is -0.246 e. The Morgan fingerprint density at radius 1 is 1.44 bits per heavy atom. The van der Waals surface area contributed by atoms with Gasteiger partial charge in [0.25, 0.3) is 0 Å². The number of alkyl halides is 1. The molecule has 2 heterocycles. The van der Waals surface area contributed by atoms with Crippen LogP contribution < -0.4 is 0 Å². The quantitative estimate of drug-likeness (QED) is 0.764. The van der Waals surface area contributed by atoms with E-state index in [-0.39, 0.29) is 5.38 Å². The standard InChI is InChI=1S/C12H17ClN4S/c1-3-5-12-14-9(8-18-12)6-17-7-11(15-16-17)10(13)4-2/h7-8,10H,3-6H2,1-2H3. The lowest BCUT2D eigenvalue weighted by Crippen LogP contribution is -2.01. The molecule has 0 radical (unpaired) electrons. The summed E-state index contributed by atoms with van der Waals surface area (Å²) >= 11 is 7.84. The molecule has 0 aliphatic heterocycles. The predicted molar refractivity (Wildman–Crippen MR) is 74.1 cm³/mol. The van der Waals surface area contributed by atoms with E-state index in [1.165, 1.54) is 5.01 Å². The molecule has 1 atom stereocenters. The van der Waals surface area contributed by atoms with E-state index >= 15 is 0 Å². The summed E-state index contributed by atoms with van der Waals surface area (Å²) in [5.74, 6) is 0. The van der Waals surface area contributed by atoms with Gasteiger partial charge < -0.3 is 0 Å². The van der Waals surface area contributed by atoms with E-state index in [4.69, 9.17) is 11.6 Å². The normalized spacial score (nSPS) is 12.8. The number of halogens is 1. The average Bonchev–Trinajstić information content (AvgIpc) is 2.99. The van der Waals surface area contributed by atoms with Crippen LogP contribution in [-0.2, 0) is 13.0 Å². The third-order valence-corrected chi connectivity index (χ3v) is 4.11. The van der Waals surface area contributed by atoms with Crippen molar-refractivity contribution in [2.75, 3.05) is 0 Å². The van der Waals surface area contributed by atoms with E-state index in [1.54, 1.807) is 16.0 Å². The molecule has 0 spiro atoms. The number of hydrogen-bond donors (Lipinski definition) is 0. The van der Waals surface area contributed by atoms with Gasteiger partial charge in [-0.1, -0.05) is 19.1 Å². The number of rotatable bonds is 6. The monoisotopic (exact) mass is 284 g/mol.